The fraction of sp³-hybridized carbons (Fsp3) is 0.600. The third-order valence-electron chi connectivity index (χ3n) is 3.66. The van der Waals surface area contributed by atoms with Gasteiger partial charge in [0.15, 0.2) is 0 Å². The first-order valence-corrected chi connectivity index (χ1v) is 7.13. The van der Waals surface area contributed by atoms with Crippen molar-refractivity contribution in [3.63, 3.8) is 0 Å². The predicted octanol–water partition coefficient (Wildman–Crippen LogP) is 2.58. The van der Waals surface area contributed by atoms with Crippen LogP contribution in [0.1, 0.15) is 26.2 Å². The highest BCUT2D eigenvalue weighted by atomic mass is 15.2. The maximum Gasteiger partial charge on any atom is 0.0600 e. The Balaban J connectivity index is 1.96. The minimum absolute atomic E-state index is 0.896. The highest BCUT2D eigenvalue weighted by Gasteiger charge is 2.14. The first-order chi connectivity index (χ1) is 8.81. The lowest BCUT2D eigenvalue weighted by atomic mass is 10.2. The van der Waals surface area contributed by atoms with Crippen LogP contribution in [0.2, 0.25) is 0 Å². The molecule has 3 heteroatoms. The van der Waals surface area contributed by atoms with E-state index in [4.69, 9.17) is 5.73 Å². The van der Waals surface area contributed by atoms with Gasteiger partial charge in [-0.25, -0.2) is 0 Å². The molecule has 1 heterocycles. The van der Waals surface area contributed by atoms with Gasteiger partial charge < -0.3 is 15.5 Å². The quantitative estimate of drug-likeness (QED) is 0.784. The third kappa shape index (κ3) is 3.39. The van der Waals surface area contributed by atoms with E-state index >= 15 is 0 Å². The predicted molar refractivity (Wildman–Crippen MR) is 79.0 cm³/mol. The minimum atomic E-state index is 0.896. The zero-order valence-electron chi connectivity index (χ0n) is 11.4. The summed E-state index contributed by atoms with van der Waals surface area (Å²) in [6, 6.07) is 8.20. The molecule has 0 bridgehead atoms. The summed E-state index contributed by atoms with van der Waals surface area (Å²) in [6.07, 6.45) is 3.89. The van der Waals surface area contributed by atoms with Gasteiger partial charge in [0.1, 0.15) is 0 Å². The molecule has 0 aromatic heterocycles. The van der Waals surface area contributed by atoms with E-state index in [9.17, 15) is 0 Å². The first-order valence-electron chi connectivity index (χ1n) is 7.13. The van der Waals surface area contributed by atoms with E-state index in [2.05, 4.69) is 28.9 Å². The van der Waals surface area contributed by atoms with Crippen molar-refractivity contribution in [2.45, 2.75) is 26.2 Å². The van der Waals surface area contributed by atoms with Gasteiger partial charge in [0.2, 0.25) is 0 Å². The van der Waals surface area contributed by atoms with E-state index in [0.29, 0.717) is 0 Å². The van der Waals surface area contributed by atoms with Crippen molar-refractivity contribution in [2.75, 3.05) is 43.4 Å². The smallest absolute Gasteiger partial charge is 0.0600 e. The fourth-order valence-corrected chi connectivity index (χ4v) is 2.67. The second kappa shape index (κ2) is 6.64. The van der Waals surface area contributed by atoms with Crippen molar-refractivity contribution >= 4 is 11.4 Å². The highest BCUT2D eigenvalue weighted by molar-refractivity contribution is 5.67. The molecule has 0 saturated carbocycles. The molecular weight excluding hydrogens is 222 g/mol. The second-order valence-corrected chi connectivity index (χ2v) is 5.09. The fourth-order valence-electron chi connectivity index (χ4n) is 2.67. The van der Waals surface area contributed by atoms with Crippen LogP contribution >= 0.6 is 0 Å². The van der Waals surface area contributed by atoms with Gasteiger partial charge in [-0.3, -0.25) is 0 Å². The monoisotopic (exact) mass is 247 g/mol. The third-order valence-corrected chi connectivity index (χ3v) is 3.66. The maximum absolute atomic E-state index is 6.08. The van der Waals surface area contributed by atoms with Gasteiger partial charge >= 0.3 is 0 Å². The number of nitrogens with two attached hydrogens (primary N) is 1. The molecule has 0 unspecified atom stereocenters. The molecule has 1 aromatic rings. The van der Waals surface area contributed by atoms with Gasteiger partial charge in [-0.15, -0.1) is 0 Å². The van der Waals surface area contributed by atoms with Crippen molar-refractivity contribution < 1.29 is 0 Å². The summed E-state index contributed by atoms with van der Waals surface area (Å²) >= 11 is 0. The normalized spacial score (nSPS) is 16.1. The summed E-state index contributed by atoms with van der Waals surface area (Å²) in [6.45, 7) is 8.09. The number of rotatable bonds is 6. The molecule has 3 nitrogen and oxygen atoms in total. The molecule has 0 radical (unpaired) electrons. The van der Waals surface area contributed by atoms with Crippen LogP contribution in [0.4, 0.5) is 11.4 Å². The Morgan fingerprint density at radius 3 is 2.56 bits per heavy atom. The molecule has 18 heavy (non-hydrogen) atoms. The maximum atomic E-state index is 6.08. The molecule has 1 saturated heterocycles. The standard InChI is InChI=1S/C15H25N3/c1-2-9-18(13-12-17-10-5-6-11-17)15-8-4-3-7-14(15)16/h3-4,7-8H,2,5-6,9-13,16H2,1H3. The molecule has 100 valence electrons. The van der Waals surface area contributed by atoms with E-state index in [-0.39, 0.29) is 0 Å². The summed E-state index contributed by atoms with van der Waals surface area (Å²) in [5, 5.41) is 0. The van der Waals surface area contributed by atoms with E-state index in [1.807, 2.05) is 12.1 Å². The number of benzene rings is 1. The molecule has 1 aromatic carbocycles. The SMILES string of the molecule is CCCN(CCN1CCCC1)c1ccccc1N. The molecule has 0 atom stereocenters. The van der Waals surface area contributed by atoms with Gasteiger partial charge in [0.25, 0.3) is 0 Å². The number of anilines is 2. The number of likely N-dealkylation sites (tertiary alicyclic amines) is 1. The van der Waals surface area contributed by atoms with Crippen molar-refractivity contribution in [1.29, 1.82) is 0 Å². The van der Waals surface area contributed by atoms with Crippen LogP contribution in [0.15, 0.2) is 24.3 Å². The molecule has 1 fully saturated rings. The average Bonchev–Trinajstić information content (AvgIpc) is 2.88. The first kappa shape index (κ1) is 13.2. The van der Waals surface area contributed by atoms with Crippen molar-refractivity contribution in [3.8, 4) is 0 Å². The Morgan fingerprint density at radius 1 is 1.17 bits per heavy atom. The lowest BCUT2D eigenvalue weighted by Crippen LogP contribution is -2.34. The van der Waals surface area contributed by atoms with Crippen molar-refractivity contribution in [1.82, 2.24) is 4.90 Å². The summed E-state index contributed by atoms with van der Waals surface area (Å²) in [5.41, 5.74) is 8.17. The summed E-state index contributed by atoms with van der Waals surface area (Å²) in [4.78, 5) is 4.98. The highest BCUT2D eigenvalue weighted by Crippen LogP contribution is 2.22. The number of hydrogen-bond acceptors (Lipinski definition) is 3. The Labute approximate surface area is 111 Å². The van der Waals surface area contributed by atoms with Crippen LogP contribution in [0.25, 0.3) is 0 Å². The van der Waals surface area contributed by atoms with Crippen LogP contribution in [-0.4, -0.2) is 37.6 Å². The second-order valence-electron chi connectivity index (χ2n) is 5.09. The Kier molecular flexibility index (Phi) is 4.88. The van der Waals surface area contributed by atoms with Gasteiger partial charge in [-0.1, -0.05) is 19.1 Å². The van der Waals surface area contributed by atoms with Crippen LogP contribution in [-0.2, 0) is 0 Å². The molecule has 2 N–H and O–H groups in total. The van der Waals surface area contributed by atoms with Crippen LogP contribution in [0.3, 0.4) is 0 Å². The number of nitrogens with zero attached hydrogens (tertiary/aromatic N) is 2. The lowest BCUT2D eigenvalue weighted by Gasteiger charge is -2.28. The number of hydrogen-bond donors (Lipinski definition) is 1. The summed E-state index contributed by atoms with van der Waals surface area (Å²) in [7, 11) is 0. The zero-order chi connectivity index (χ0) is 12.8. The van der Waals surface area contributed by atoms with E-state index in [1.54, 1.807) is 0 Å². The topological polar surface area (TPSA) is 32.5 Å². The van der Waals surface area contributed by atoms with Crippen LogP contribution < -0.4 is 10.6 Å². The average molecular weight is 247 g/mol. The largest absolute Gasteiger partial charge is 0.397 e. The zero-order valence-corrected chi connectivity index (χ0v) is 11.4. The molecular formula is C15H25N3. The molecule has 2 rings (SSSR count). The molecule has 0 aliphatic carbocycles. The summed E-state index contributed by atoms with van der Waals surface area (Å²) in [5.74, 6) is 0. The lowest BCUT2D eigenvalue weighted by molar-refractivity contribution is 0.344. The number of nitrogen functional groups attached to an aromatic ring is 1. The van der Waals surface area contributed by atoms with Gasteiger partial charge in [0, 0.05) is 19.6 Å². The molecule has 1 aliphatic heterocycles. The van der Waals surface area contributed by atoms with Gasteiger partial charge in [0.05, 0.1) is 11.4 Å². The van der Waals surface area contributed by atoms with Crippen molar-refractivity contribution in [2.24, 2.45) is 0 Å². The summed E-state index contributed by atoms with van der Waals surface area (Å²) < 4.78 is 0. The van der Waals surface area contributed by atoms with E-state index < -0.39 is 0 Å². The van der Waals surface area contributed by atoms with Gasteiger partial charge in [-0.2, -0.15) is 0 Å². The Hall–Kier alpha value is -1.22. The Bertz CT molecular complexity index is 359. The minimum Gasteiger partial charge on any atom is -0.397 e. The van der Waals surface area contributed by atoms with E-state index in [1.165, 1.54) is 31.6 Å². The van der Waals surface area contributed by atoms with Crippen LogP contribution in [0.5, 0.6) is 0 Å². The van der Waals surface area contributed by atoms with E-state index in [0.717, 1.165) is 31.7 Å². The van der Waals surface area contributed by atoms with Crippen molar-refractivity contribution in [3.05, 3.63) is 24.3 Å². The molecule has 0 amide bonds. The Morgan fingerprint density at radius 2 is 1.89 bits per heavy atom. The molecule has 1 aliphatic rings. The van der Waals surface area contributed by atoms with Crippen LogP contribution in [0, 0.1) is 0 Å². The van der Waals surface area contributed by atoms with Gasteiger partial charge in [-0.05, 0) is 44.5 Å². The molecule has 0 spiro atoms. The number of para-hydroxylation sites is 2.